The van der Waals surface area contributed by atoms with Crippen LogP contribution in [0.25, 0.3) is 11.0 Å². The van der Waals surface area contributed by atoms with Crippen LogP contribution in [0, 0.1) is 0 Å². The Bertz CT molecular complexity index is 777. The van der Waals surface area contributed by atoms with Crippen molar-refractivity contribution in [2.24, 2.45) is 0 Å². The van der Waals surface area contributed by atoms with Crippen LogP contribution in [0.1, 0.15) is 37.7 Å². The van der Waals surface area contributed by atoms with Crippen molar-refractivity contribution in [2.75, 3.05) is 11.9 Å². The summed E-state index contributed by atoms with van der Waals surface area (Å²) >= 11 is 0. The summed E-state index contributed by atoms with van der Waals surface area (Å²) in [6, 6.07) is 0.269. The molecular formula is C16H19F2N5O. The largest absolute Gasteiger partial charge is 0.365 e. The molecule has 1 aliphatic carbocycles. The molecule has 4 rings (SSSR count). The first-order valence-electron chi connectivity index (χ1n) is 8.17. The Morgan fingerprint density at radius 2 is 2.21 bits per heavy atom. The zero-order valence-corrected chi connectivity index (χ0v) is 13.3. The number of aromatic amines is 1. The van der Waals surface area contributed by atoms with Crippen LogP contribution >= 0.6 is 0 Å². The van der Waals surface area contributed by atoms with Gasteiger partial charge in [0.1, 0.15) is 17.8 Å². The highest BCUT2D eigenvalue weighted by molar-refractivity contribution is 5.91. The normalized spacial score (nSPS) is 28.8. The molecule has 1 aliphatic heterocycles. The van der Waals surface area contributed by atoms with E-state index < -0.39 is 11.8 Å². The SMILES string of the molecule is CC1CCC(Nc2ncnc3[nH]cc(C4CC4(F)F)c23)CN1C=O. The van der Waals surface area contributed by atoms with Gasteiger partial charge in [0, 0.05) is 31.2 Å². The van der Waals surface area contributed by atoms with Crippen LogP contribution in [0.5, 0.6) is 0 Å². The fourth-order valence-electron chi connectivity index (χ4n) is 3.51. The van der Waals surface area contributed by atoms with Gasteiger partial charge in [-0.05, 0) is 25.3 Å². The minimum atomic E-state index is -2.64. The van der Waals surface area contributed by atoms with E-state index in [9.17, 15) is 13.6 Å². The lowest BCUT2D eigenvalue weighted by molar-refractivity contribution is -0.121. The number of halogens is 2. The standard InChI is InChI=1S/C16H19F2N5O/c1-9-2-3-10(6-23(9)8-24)22-15-13-11(12-4-16(12,17)18)5-19-14(13)20-7-21-15/h5,7-10,12H,2-4,6H2,1H3,(H2,19,20,21,22). The number of carbonyl (C=O) groups is 1. The van der Waals surface area contributed by atoms with E-state index in [4.69, 9.17) is 0 Å². The zero-order valence-electron chi connectivity index (χ0n) is 13.3. The van der Waals surface area contributed by atoms with Crippen LogP contribution in [0.15, 0.2) is 12.5 Å². The molecule has 2 N–H and O–H groups in total. The summed E-state index contributed by atoms with van der Waals surface area (Å²) in [6.45, 7) is 2.60. The average molecular weight is 335 g/mol. The van der Waals surface area contributed by atoms with Gasteiger partial charge in [0.2, 0.25) is 6.41 Å². The second kappa shape index (κ2) is 5.39. The van der Waals surface area contributed by atoms with Gasteiger partial charge < -0.3 is 15.2 Å². The molecule has 0 bridgehead atoms. The summed E-state index contributed by atoms with van der Waals surface area (Å²) in [7, 11) is 0. The number of nitrogens with one attached hydrogen (secondary N) is 2. The smallest absolute Gasteiger partial charge is 0.256 e. The third-order valence-corrected chi connectivity index (χ3v) is 5.11. The second-order valence-corrected chi connectivity index (χ2v) is 6.78. The number of hydrogen-bond acceptors (Lipinski definition) is 4. The van der Waals surface area contributed by atoms with E-state index in [1.165, 1.54) is 6.33 Å². The Kier molecular flexibility index (Phi) is 3.43. The van der Waals surface area contributed by atoms with Gasteiger partial charge in [-0.1, -0.05) is 0 Å². The van der Waals surface area contributed by atoms with Gasteiger partial charge in [0.05, 0.1) is 11.3 Å². The molecule has 3 heterocycles. The summed E-state index contributed by atoms with van der Waals surface area (Å²) in [5.74, 6) is -2.85. The highest BCUT2D eigenvalue weighted by atomic mass is 19.3. The molecule has 0 aromatic carbocycles. The summed E-state index contributed by atoms with van der Waals surface area (Å²) in [5.41, 5.74) is 1.12. The molecule has 3 unspecified atom stereocenters. The van der Waals surface area contributed by atoms with Crippen molar-refractivity contribution in [3.05, 3.63) is 18.1 Å². The molecule has 24 heavy (non-hydrogen) atoms. The van der Waals surface area contributed by atoms with Crippen molar-refractivity contribution >= 4 is 23.3 Å². The second-order valence-electron chi connectivity index (χ2n) is 6.78. The van der Waals surface area contributed by atoms with Crippen LogP contribution in [-0.4, -0.2) is 50.8 Å². The molecule has 0 radical (unpaired) electrons. The number of alkyl halides is 2. The molecule has 2 fully saturated rings. The van der Waals surface area contributed by atoms with E-state index in [2.05, 4.69) is 20.3 Å². The van der Waals surface area contributed by atoms with Crippen molar-refractivity contribution in [1.82, 2.24) is 19.9 Å². The number of nitrogens with zero attached hydrogens (tertiary/aromatic N) is 3. The average Bonchev–Trinajstić information content (AvgIpc) is 3.00. The van der Waals surface area contributed by atoms with Crippen LogP contribution < -0.4 is 5.32 Å². The van der Waals surface area contributed by atoms with Crippen molar-refractivity contribution < 1.29 is 13.6 Å². The van der Waals surface area contributed by atoms with Crippen LogP contribution in [-0.2, 0) is 4.79 Å². The summed E-state index contributed by atoms with van der Waals surface area (Å²) in [5, 5.41) is 3.96. The van der Waals surface area contributed by atoms with Crippen LogP contribution in [0.3, 0.4) is 0 Å². The quantitative estimate of drug-likeness (QED) is 0.842. The van der Waals surface area contributed by atoms with Gasteiger partial charge in [0.25, 0.3) is 5.92 Å². The third kappa shape index (κ3) is 2.50. The van der Waals surface area contributed by atoms with Crippen molar-refractivity contribution in [1.29, 1.82) is 0 Å². The number of amides is 1. The number of H-pyrrole nitrogens is 1. The lowest BCUT2D eigenvalue weighted by Gasteiger charge is -2.36. The number of fused-ring (bicyclic) bond motifs is 1. The van der Waals surface area contributed by atoms with E-state index in [0.29, 0.717) is 29.0 Å². The molecule has 8 heteroatoms. The molecule has 1 amide bonds. The van der Waals surface area contributed by atoms with Gasteiger partial charge in [-0.2, -0.15) is 0 Å². The van der Waals surface area contributed by atoms with Crippen molar-refractivity contribution in [2.45, 2.75) is 50.1 Å². The Morgan fingerprint density at radius 3 is 2.92 bits per heavy atom. The van der Waals surface area contributed by atoms with Gasteiger partial charge in [0.15, 0.2) is 0 Å². The Labute approximate surface area is 137 Å². The van der Waals surface area contributed by atoms with E-state index in [1.807, 2.05) is 6.92 Å². The van der Waals surface area contributed by atoms with E-state index in [0.717, 1.165) is 19.3 Å². The maximum Gasteiger partial charge on any atom is 0.256 e. The van der Waals surface area contributed by atoms with E-state index >= 15 is 0 Å². The first kappa shape index (κ1) is 15.3. The molecule has 3 atom stereocenters. The molecule has 0 spiro atoms. The molecule has 1 saturated carbocycles. The fourth-order valence-corrected chi connectivity index (χ4v) is 3.51. The van der Waals surface area contributed by atoms with Crippen molar-refractivity contribution in [3.63, 3.8) is 0 Å². The van der Waals surface area contributed by atoms with E-state index in [1.54, 1.807) is 11.1 Å². The predicted molar refractivity (Wildman–Crippen MR) is 85.1 cm³/mol. The summed E-state index contributed by atoms with van der Waals surface area (Å²) < 4.78 is 27.0. The minimum absolute atomic E-state index is 0.0481. The topological polar surface area (TPSA) is 73.9 Å². The number of carbonyl (C=O) groups excluding carboxylic acids is 1. The number of anilines is 1. The van der Waals surface area contributed by atoms with Gasteiger partial charge >= 0.3 is 0 Å². The monoisotopic (exact) mass is 335 g/mol. The Balaban J connectivity index is 1.62. The predicted octanol–water partition coefficient (Wildman–Crippen LogP) is 2.50. The van der Waals surface area contributed by atoms with E-state index in [-0.39, 0.29) is 18.5 Å². The fraction of sp³-hybridized carbons (Fsp3) is 0.562. The lowest BCUT2D eigenvalue weighted by Crippen LogP contribution is -2.46. The van der Waals surface area contributed by atoms with Crippen LogP contribution in [0.4, 0.5) is 14.6 Å². The first-order chi connectivity index (χ1) is 11.5. The lowest BCUT2D eigenvalue weighted by atomic mass is 10.00. The highest BCUT2D eigenvalue weighted by Crippen LogP contribution is 2.57. The zero-order chi connectivity index (χ0) is 16.9. The molecule has 6 nitrogen and oxygen atoms in total. The number of piperidine rings is 1. The van der Waals surface area contributed by atoms with Crippen molar-refractivity contribution in [3.8, 4) is 0 Å². The summed E-state index contributed by atoms with van der Waals surface area (Å²) in [4.78, 5) is 24.3. The van der Waals surface area contributed by atoms with Gasteiger partial charge in [-0.3, -0.25) is 4.79 Å². The molecular weight excluding hydrogens is 316 g/mol. The van der Waals surface area contributed by atoms with Gasteiger partial charge in [-0.25, -0.2) is 18.7 Å². The summed E-state index contributed by atoms with van der Waals surface area (Å²) in [6.07, 6.45) is 5.55. The molecule has 2 aromatic rings. The maximum atomic E-state index is 13.5. The highest BCUT2D eigenvalue weighted by Gasteiger charge is 2.58. The first-order valence-corrected chi connectivity index (χ1v) is 8.17. The van der Waals surface area contributed by atoms with Crippen LogP contribution in [0.2, 0.25) is 0 Å². The maximum absolute atomic E-state index is 13.5. The molecule has 2 aliphatic rings. The number of hydrogen-bond donors (Lipinski definition) is 2. The molecule has 1 saturated heterocycles. The van der Waals surface area contributed by atoms with Gasteiger partial charge in [-0.15, -0.1) is 0 Å². The Hall–Kier alpha value is -2.25. The number of aromatic nitrogens is 3. The molecule has 128 valence electrons. The number of rotatable bonds is 4. The Morgan fingerprint density at radius 1 is 1.42 bits per heavy atom. The third-order valence-electron chi connectivity index (χ3n) is 5.11. The number of likely N-dealkylation sites (tertiary alicyclic amines) is 1. The minimum Gasteiger partial charge on any atom is -0.365 e. The molecule has 2 aromatic heterocycles.